The lowest BCUT2D eigenvalue weighted by Gasteiger charge is -2.19. The average Bonchev–Trinajstić information content (AvgIpc) is 1.94. The second-order valence-electron chi connectivity index (χ2n) is 3.78. The summed E-state index contributed by atoms with van der Waals surface area (Å²) in [7, 11) is 0. The number of ether oxygens (including phenoxy) is 1. The van der Waals surface area contributed by atoms with E-state index in [-0.39, 0.29) is 6.09 Å². The molecule has 0 aliphatic heterocycles. The predicted molar refractivity (Wildman–Crippen MR) is 57.2 cm³/mol. The first-order chi connectivity index (χ1) is 5.95. The van der Waals surface area contributed by atoms with E-state index in [0.29, 0.717) is 6.54 Å². The van der Waals surface area contributed by atoms with Crippen LogP contribution in [0.4, 0.5) is 4.79 Å². The van der Waals surface area contributed by atoms with Crippen molar-refractivity contribution < 1.29 is 9.53 Å². The fraction of sp³-hybridized carbons (Fsp3) is 0.889. The fourth-order valence-corrected chi connectivity index (χ4v) is 1.15. The molecule has 0 saturated carbocycles. The lowest BCUT2D eigenvalue weighted by atomic mass is 10.2. The quantitative estimate of drug-likeness (QED) is 0.715. The van der Waals surface area contributed by atoms with E-state index < -0.39 is 5.60 Å². The number of carbonyl (C=O) groups is 1. The molecule has 1 N–H and O–H groups in total. The highest BCUT2D eigenvalue weighted by molar-refractivity contribution is 7.98. The number of amides is 1. The summed E-state index contributed by atoms with van der Waals surface area (Å²) in [4.78, 5) is 11.1. The van der Waals surface area contributed by atoms with Crippen molar-refractivity contribution in [2.45, 2.75) is 32.8 Å². The second-order valence-corrected chi connectivity index (χ2v) is 4.76. The molecule has 13 heavy (non-hydrogen) atoms. The van der Waals surface area contributed by atoms with Gasteiger partial charge >= 0.3 is 6.09 Å². The Hall–Kier alpha value is -0.380. The molecule has 0 heterocycles. The van der Waals surface area contributed by atoms with Crippen molar-refractivity contribution in [2.75, 3.05) is 18.6 Å². The van der Waals surface area contributed by atoms with Gasteiger partial charge in [0.1, 0.15) is 5.60 Å². The Kier molecular flexibility index (Phi) is 5.95. The van der Waals surface area contributed by atoms with Gasteiger partial charge in [0.25, 0.3) is 0 Å². The third-order valence-electron chi connectivity index (χ3n) is 1.19. The van der Waals surface area contributed by atoms with Crippen LogP contribution < -0.4 is 5.32 Å². The summed E-state index contributed by atoms with van der Waals surface area (Å²) in [5.41, 5.74) is -0.399. The molecule has 0 aromatic rings. The van der Waals surface area contributed by atoms with Gasteiger partial charge in [0.15, 0.2) is 0 Å². The van der Waals surface area contributed by atoms with Crippen molar-refractivity contribution >= 4 is 17.9 Å². The van der Waals surface area contributed by atoms with E-state index in [1.54, 1.807) is 11.8 Å². The van der Waals surface area contributed by atoms with Crippen LogP contribution in [0.15, 0.2) is 0 Å². The normalized spacial score (nSPS) is 11.1. The molecule has 0 atom stereocenters. The number of thioether (sulfide) groups is 1. The van der Waals surface area contributed by atoms with Crippen LogP contribution in [0, 0.1) is 0 Å². The summed E-state index contributed by atoms with van der Waals surface area (Å²) < 4.78 is 5.06. The lowest BCUT2D eigenvalue weighted by molar-refractivity contribution is 0.0528. The highest BCUT2D eigenvalue weighted by Crippen LogP contribution is 2.06. The molecule has 0 aliphatic rings. The summed E-state index contributed by atoms with van der Waals surface area (Å²) in [5.74, 6) is 1.07. The largest absolute Gasteiger partial charge is 0.444 e. The number of carbonyl (C=O) groups excluding carboxylic acids is 1. The van der Waals surface area contributed by atoms with E-state index in [1.165, 1.54) is 0 Å². The Morgan fingerprint density at radius 3 is 2.54 bits per heavy atom. The van der Waals surface area contributed by atoms with Crippen molar-refractivity contribution in [1.82, 2.24) is 5.32 Å². The van der Waals surface area contributed by atoms with Gasteiger partial charge in [0, 0.05) is 6.54 Å². The molecular weight excluding hydrogens is 186 g/mol. The first kappa shape index (κ1) is 12.6. The Morgan fingerprint density at radius 1 is 1.46 bits per heavy atom. The van der Waals surface area contributed by atoms with Crippen LogP contribution in [-0.4, -0.2) is 30.2 Å². The van der Waals surface area contributed by atoms with Gasteiger partial charge in [-0.05, 0) is 39.2 Å². The first-order valence-electron chi connectivity index (χ1n) is 4.41. The lowest BCUT2D eigenvalue weighted by Crippen LogP contribution is -2.33. The fourth-order valence-electron chi connectivity index (χ4n) is 0.721. The van der Waals surface area contributed by atoms with E-state index in [0.717, 1.165) is 12.2 Å². The monoisotopic (exact) mass is 205 g/mol. The van der Waals surface area contributed by atoms with Gasteiger partial charge in [-0.3, -0.25) is 0 Å². The average molecular weight is 205 g/mol. The molecular formula is C9H19NO2S. The minimum atomic E-state index is -0.399. The highest BCUT2D eigenvalue weighted by atomic mass is 32.2. The molecule has 0 aliphatic carbocycles. The molecule has 0 fully saturated rings. The maximum atomic E-state index is 11.1. The topological polar surface area (TPSA) is 38.3 Å². The van der Waals surface area contributed by atoms with E-state index in [9.17, 15) is 4.79 Å². The van der Waals surface area contributed by atoms with Crippen LogP contribution in [0.2, 0.25) is 0 Å². The van der Waals surface area contributed by atoms with Crippen LogP contribution in [0.3, 0.4) is 0 Å². The molecule has 1 amide bonds. The zero-order valence-electron chi connectivity index (χ0n) is 8.85. The zero-order valence-corrected chi connectivity index (χ0v) is 9.66. The van der Waals surface area contributed by atoms with Gasteiger partial charge in [-0.15, -0.1) is 0 Å². The molecule has 78 valence electrons. The van der Waals surface area contributed by atoms with Crippen molar-refractivity contribution in [3.05, 3.63) is 0 Å². The van der Waals surface area contributed by atoms with Gasteiger partial charge in [0.05, 0.1) is 0 Å². The summed E-state index contributed by atoms with van der Waals surface area (Å²) in [6.07, 6.45) is 2.71. The molecule has 0 aromatic heterocycles. The number of rotatable bonds is 4. The number of alkyl carbamates (subject to hydrolysis) is 1. The maximum Gasteiger partial charge on any atom is 0.407 e. The molecule has 0 rings (SSSR count). The van der Waals surface area contributed by atoms with Crippen LogP contribution in [0.5, 0.6) is 0 Å². The van der Waals surface area contributed by atoms with Crippen molar-refractivity contribution in [1.29, 1.82) is 0 Å². The highest BCUT2D eigenvalue weighted by Gasteiger charge is 2.15. The SMILES string of the molecule is CSCCCNC(=O)OC(C)(C)C. The van der Waals surface area contributed by atoms with Gasteiger partial charge in [-0.2, -0.15) is 11.8 Å². The van der Waals surface area contributed by atoms with E-state index in [2.05, 4.69) is 5.32 Å². The third kappa shape index (κ3) is 9.53. The predicted octanol–water partition coefficient (Wildman–Crippen LogP) is 2.26. The Balaban J connectivity index is 3.41. The van der Waals surface area contributed by atoms with Crippen molar-refractivity contribution in [3.8, 4) is 0 Å². The molecule has 4 heteroatoms. The number of hydrogen-bond acceptors (Lipinski definition) is 3. The first-order valence-corrected chi connectivity index (χ1v) is 5.81. The van der Waals surface area contributed by atoms with Crippen LogP contribution in [0.25, 0.3) is 0 Å². The molecule has 0 saturated heterocycles. The minimum Gasteiger partial charge on any atom is -0.444 e. The molecule has 0 radical (unpaired) electrons. The second kappa shape index (κ2) is 6.13. The maximum absolute atomic E-state index is 11.1. The Morgan fingerprint density at radius 2 is 2.08 bits per heavy atom. The minimum absolute atomic E-state index is 0.325. The Labute approximate surface area is 84.6 Å². The van der Waals surface area contributed by atoms with E-state index in [4.69, 9.17) is 4.74 Å². The summed E-state index contributed by atoms with van der Waals surface area (Å²) in [6, 6.07) is 0. The van der Waals surface area contributed by atoms with E-state index in [1.807, 2.05) is 27.0 Å². The van der Waals surface area contributed by atoms with Crippen LogP contribution in [-0.2, 0) is 4.74 Å². The Bertz CT molecular complexity index is 154. The summed E-state index contributed by atoms with van der Waals surface area (Å²) >= 11 is 1.77. The molecule has 0 bridgehead atoms. The zero-order chi connectivity index (χ0) is 10.3. The summed E-state index contributed by atoms with van der Waals surface area (Å²) in [5, 5.41) is 2.70. The van der Waals surface area contributed by atoms with Crippen molar-refractivity contribution in [2.24, 2.45) is 0 Å². The molecule has 3 nitrogen and oxygen atoms in total. The number of nitrogens with one attached hydrogen (secondary N) is 1. The smallest absolute Gasteiger partial charge is 0.407 e. The molecule has 0 unspecified atom stereocenters. The summed E-state index contributed by atoms with van der Waals surface area (Å²) in [6.45, 7) is 6.26. The molecule has 0 aromatic carbocycles. The number of hydrogen-bond donors (Lipinski definition) is 1. The van der Waals surface area contributed by atoms with Crippen LogP contribution >= 0.6 is 11.8 Å². The van der Waals surface area contributed by atoms with Gasteiger partial charge in [-0.25, -0.2) is 4.79 Å². The third-order valence-corrected chi connectivity index (χ3v) is 1.89. The van der Waals surface area contributed by atoms with Gasteiger partial charge in [0.2, 0.25) is 0 Å². The standard InChI is InChI=1S/C9H19NO2S/c1-9(2,3)12-8(11)10-6-5-7-13-4/h5-7H2,1-4H3,(H,10,11). The van der Waals surface area contributed by atoms with Crippen LogP contribution in [0.1, 0.15) is 27.2 Å². The van der Waals surface area contributed by atoms with E-state index >= 15 is 0 Å². The van der Waals surface area contributed by atoms with Crippen molar-refractivity contribution in [3.63, 3.8) is 0 Å². The van der Waals surface area contributed by atoms with Gasteiger partial charge in [-0.1, -0.05) is 0 Å². The molecule has 0 spiro atoms. The van der Waals surface area contributed by atoms with Gasteiger partial charge < -0.3 is 10.1 Å².